The molecule has 5 nitrogen and oxygen atoms in total. The summed E-state index contributed by atoms with van der Waals surface area (Å²) >= 11 is 0. The van der Waals surface area contributed by atoms with Gasteiger partial charge in [-0.2, -0.15) is 0 Å². The van der Waals surface area contributed by atoms with Crippen LogP contribution in [0.4, 0.5) is 4.79 Å². The van der Waals surface area contributed by atoms with Crippen molar-refractivity contribution in [1.82, 2.24) is 10.2 Å². The molecule has 0 aliphatic rings. The SMILES string of the molecule is CCC(CC)N(C)C(=O)N[C@H](C(=O)O)[C@@H](C)CC. The Hall–Kier alpha value is -1.26. The van der Waals surface area contributed by atoms with Gasteiger partial charge in [-0.3, -0.25) is 0 Å². The molecule has 0 saturated carbocycles. The quantitative estimate of drug-likeness (QED) is 0.736. The van der Waals surface area contributed by atoms with Gasteiger partial charge in [-0.15, -0.1) is 0 Å². The van der Waals surface area contributed by atoms with Crippen LogP contribution in [0.1, 0.15) is 47.0 Å². The highest BCUT2D eigenvalue weighted by molar-refractivity contribution is 5.82. The molecule has 2 amide bonds. The van der Waals surface area contributed by atoms with Crippen molar-refractivity contribution in [3.63, 3.8) is 0 Å². The van der Waals surface area contributed by atoms with Gasteiger partial charge in [0.2, 0.25) is 0 Å². The fraction of sp³-hybridized carbons (Fsp3) is 0.846. The fourth-order valence-corrected chi connectivity index (χ4v) is 1.92. The lowest BCUT2D eigenvalue weighted by atomic mass is 9.99. The highest BCUT2D eigenvalue weighted by Gasteiger charge is 2.27. The van der Waals surface area contributed by atoms with Gasteiger partial charge in [-0.1, -0.05) is 34.1 Å². The molecule has 0 aliphatic heterocycles. The summed E-state index contributed by atoms with van der Waals surface area (Å²) < 4.78 is 0. The van der Waals surface area contributed by atoms with Gasteiger partial charge in [0.15, 0.2) is 0 Å². The van der Waals surface area contributed by atoms with Gasteiger partial charge < -0.3 is 15.3 Å². The first kappa shape index (κ1) is 16.7. The Labute approximate surface area is 110 Å². The maximum Gasteiger partial charge on any atom is 0.326 e. The molecule has 0 aromatic rings. The van der Waals surface area contributed by atoms with Crippen LogP contribution >= 0.6 is 0 Å². The summed E-state index contributed by atoms with van der Waals surface area (Å²) in [7, 11) is 1.71. The molecule has 0 fully saturated rings. The zero-order chi connectivity index (χ0) is 14.3. The van der Waals surface area contributed by atoms with Crippen LogP contribution in [0.15, 0.2) is 0 Å². The van der Waals surface area contributed by atoms with E-state index in [-0.39, 0.29) is 18.0 Å². The summed E-state index contributed by atoms with van der Waals surface area (Å²) in [4.78, 5) is 24.7. The van der Waals surface area contributed by atoms with E-state index in [1.54, 1.807) is 11.9 Å². The number of nitrogens with zero attached hydrogens (tertiary/aromatic N) is 1. The molecule has 106 valence electrons. The Morgan fingerprint density at radius 3 is 2.00 bits per heavy atom. The highest BCUT2D eigenvalue weighted by Crippen LogP contribution is 2.10. The number of carbonyl (C=O) groups is 2. The van der Waals surface area contributed by atoms with Crippen LogP contribution in [0, 0.1) is 5.92 Å². The van der Waals surface area contributed by atoms with Crippen LogP contribution < -0.4 is 5.32 Å². The molecular formula is C13H26N2O3. The topological polar surface area (TPSA) is 69.6 Å². The van der Waals surface area contributed by atoms with Gasteiger partial charge >= 0.3 is 12.0 Å². The first-order chi connectivity index (χ1) is 8.38. The average molecular weight is 258 g/mol. The summed E-state index contributed by atoms with van der Waals surface area (Å²) in [6.07, 6.45) is 2.44. The van der Waals surface area contributed by atoms with E-state index in [1.165, 1.54) is 0 Å². The predicted molar refractivity (Wildman–Crippen MR) is 71.5 cm³/mol. The van der Waals surface area contributed by atoms with Crippen molar-refractivity contribution in [3.8, 4) is 0 Å². The van der Waals surface area contributed by atoms with Crippen molar-refractivity contribution in [3.05, 3.63) is 0 Å². The maximum atomic E-state index is 12.0. The minimum absolute atomic E-state index is 0.0819. The third-order valence-corrected chi connectivity index (χ3v) is 3.57. The molecule has 0 aromatic carbocycles. The van der Waals surface area contributed by atoms with Gasteiger partial charge in [0.05, 0.1) is 0 Å². The Kier molecular flexibility index (Phi) is 7.39. The molecule has 2 N–H and O–H groups in total. The number of urea groups is 1. The van der Waals surface area contributed by atoms with E-state index in [9.17, 15) is 9.59 Å². The third kappa shape index (κ3) is 4.55. The average Bonchev–Trinajstić information content (AvgIpc) is 2.35. The van der Waals surface area contributed by atoms with Crippen LogP contribution in [0.3, 0.4) is 0 Å². The van der Waals surface area contributed by atoms with Crippen LogP contribution in [0.2, 0.25) is 0 Å². The first-order valence-corrected chi connectivity index (χ1v) is 6.64. The lowest BCUT2D eigenvalue weighted by molar-refractivity contribution is -0.140. The predicted octanol–water partition coefficient (Wildman–Crippen LogP) is 2.32. The van der Waals surface area contributed by atoms with E-state index >= 15 is 0 Å². The molecule has 0 spiro atoms. The van der Waals surface area contributed by atoms with Crippen molar-refractivity contribution in [1.29, 1.82) is 0 Å². The number of aliphatic carboxylic acids is 1. The Balaban J connectivity index is 4.64. The summed E-state index contributed by atoms with van der Waals surface area (Å²) in [6.45, 7) is 7.77. The van der Waals surface area contributed by atoms with Crippen LogP contribution in [-0.2, 0) is 4.79 Å². The number of carboxylic acid groups (broad SMARTS) is 1. The van der Waals surface area contributed by atoms with Gasteiger partial charge in [-0.25, -0.2) is 9.59 Å². The van der Waals surface area contributed by atoms with Gasteiger partial charge in [0, 0.05) is 13.1 Å². The van der Waals surface area contributed by atoms with E-state index in [4.69, 9.17) is 5.11 Å². The van der Waals surface area contributed by atoms with Crippen molar-refractivity contribution in [2.45, 2.75) is 59.0 Å². The van der Waals surface area contributed by atoms with Gasteiger partial charge in [0.1, 0.15) is 6.04 Å². The zero-order valence-corrected chi connectivity index (χ0v) is 12.1. The summed E-state index contributed by atoms with van der Waals surface area (Å²) in [5.41, 5.74) is 0. The molecule has 0 rings (SSSR count). The molecule has 0 bridgehead atoms. The molecule has 0 aliphatic carbocycles. The Bertz CT molecular complexity index is 277. The second kappa shape index (κ2) is 7.95. The van der Waals surface area contributed by atoms with Gasteiger partial charge in [0.25, 0.3) is 0 Å². The number of hydrogen-bond donors (Lipinski definition) is 2. The lowest BCUT2D eigenvalue weighted by Gasteiger charge is -2.29. The van der Waals surface area contributed by atoms with Crippen LogP contribution in [0.25, 0.3) is 0 Å². The number of carboxylic acids is 1. The largest absolute Gasteiger partial charge is 0.480 e. The molecule has 0 aromatic heterocycles. The van der Waals surface area contributed by atoms with Crippen molar-refractivity contribution < 1.29 is 14.7 Å². The standard InChI is InChI=1S/C13H26N2O3/c1-6-9(4)11(12(16)17)14-13(18)15(5)10(7-2)8-3/h9-11H,6-8H2,1-5H3,(H,14,18)(H,16,17)/t9-,11-/m0/s1. The first-order valence-electron chi connectivity index (χ1n) is 6.64. The molecular weight excluding hydrogens is 232 g/mol. The highest BCUT2D eigenvalue weighted by atomic mass is 16.4. The molecule has 0 saturated heterocycles. The van der Waals surface area contributed by atoms with Crippen molar-refractivity contribution in [2.24, 2.45) is 5.92 Å². The van der Waals surface area contributed by atoms with Gasteiger partial charge in [-0.05, 0) is 18.8 Å². The van der Waals surface area contributed by atoms with E-state index in [0.29, 0.717) is 6.42 Å². The number of nitrogens with one attached hydrogen (secondary N) is 1. The zero-order valence-electron chi connectivity index (χ0n) is 12.1. The number of carbonyl (C=O) groups excluding carboxylic acids is 1. The second-order valence-electron chi connectivity index (χ2n) is 4.73. The maximum absolute atomic E-state index is 12.0. The fourth-order valence-electron chi connectivity index (χ4n) is 1.92. The molecule has 5 heteroatoms. The molecule has 0 unspecified atom stereocenters. The Morgan fingerprint density at radius 1 is 1.17 bits per heavy atom. The smallest absolute Gasteiger partial charge is 0.326 e. The second-order valence-corrected chi connectivity index (χ2v) is 4.73. The number of hydrogen-bond acceptors (Lipinski definition) is 2. The van der Waals surface area contributed by atoms with Crippen LogP contribution in [0.5, 0.6) is 0 Å². The summed E-state index contributed by atoms with van der Waals surface area (Å²) in [5.74, 6) is -1.06. The molecule has 18 heavy (non-hydrogen) atoms. The molecule has 0 radical (unpaired) electrons. The van der Waals surface area contributed by atoms with E-state index in [0.717, 1.165) is 12.8 Å². The van der Waals surface area contributed by atoms with E-state index < -0.39 is 12.0 Å². The molecule has 0 heterocycles. The summed E-state index contributed by atoms with van der Waals surface area (Å²) in [5, 5.41) is 11.7. The third-order valence-electron chi connectivity index (χ3n) is 3.57. The summed E-state index contributed by atoms with van der Waals surface area (Å²) in [6, 6.07) is -0.980. The number of rotatable bonds is 7. The van der Waals surface area contributed by atoms with Crippen molar-refractivity contribution >= 4 is 12.0 Å². The Morgan fingerprint density at radius 2 is 1.67 bits per heavy atom. The minimum atomic E-state index is -0.976. The lowest BCUT2D eigenvalue weighted by Crippen LogP contribution is -2.51. The monoisotopic (exact) mass is 258 g/mol. The van der Waals surface area contributed by atoms with Crippen molar-refractivity contribution in [2.75, 3.05) is 7.05 Å². The molecule has 2 atom stereocenters. The van der Waals surface area contributed by atoms with E-state index in [1.807, 2.05) is 27.7 Å². The van der Waals surface area contributed by atoms with Crippen LogP contribution in [-0.4, -0.2) is 41.1 Å². The minimum Gasteiger partial charge on any atom is -0.480 e. The number of amides is 2. The van der Waals surface area contributed by atoms with E-state index in [2.05, 4.69) is 5.32 Å². The normalized spacial score (nSPS) is 14.1.